The molecule has 12 heavy (non-hydrogen) atoms. The lowest BCUT2D eigenvalue weighted by atomic mass is 10.1. The molecule has 0 spiro atoms. The largest absolute Gasteiger partial charge is 0.466 e. The molecule has 0 aromatic carbocycles. The summed E-state index contributed by atoms with van der Waals surface area (Å²) in [5.41, 5.74) is 0. The number of rotatable bonds is 6. The highest BCUT2D eigenvalue weighted by Crippen LogP contribution is 2.02. The molecule has 0 heterocycles. The van der Waals surface area contributed by atoms with Crippen LogP contribution in [-0.2, 0) is 9.53 Å². The number of carbonyl (C=O) groups is 1. The number of ether oxygens (including phenoxy) is 1. The van der Waals surface area contributed by atoms with Gasteiger partial charge >= 0.3 is 5.97 Å². The van der Waals surface area contributed by atoms with Crippen molar-refractivity contribution < 1.29 is 14.6 Å². The van der Waals surface area contributed by atoms with Gasteiger partial charge in [-0.2, -0.15) is 0 Å². The molecule has 0 fully saturated rings. The van der Waals surface area contributed by atoms with E-state index in [1.165, 1.54) is 6.08 Å². The van der Waals surface area contributed by atoms with Crippen molar-refractivity contribution in [2.45, 2.75) is 32.3 Å². The molecule has 0 saturated heterocycles. The van der Waals surface area contributed by atoms with Gasteiger partial charge in [-0.25, -0.2) is 0 Å². The highest BCUT2D eigenvalue weighted by atomic mass is 16.5. The van der Waals surface area contributed by atoms with Gasteiger partial charge in [-0.05, 0) is 19.8 Å². The molecule has 0 bridgehead atoms. The van der Waals surface area contributed by atoms with E-state index in [2.05, 4.69) is 6.58 Å². The van der Waals surface area contributed by atoms with E-state index in [0.717, 1.165) is 0 Å². The van der Waals surface area contributed by atoms with Gasteiger partial charge < -0.3 is 9.84 Å². The zero-order valence-corrected chi connectivity index (χ0v) is 7.45. The van der Waals surface area contributed by atoms with Gasteiger partial charge in [0.15, 0.2) is 0 Å². The summed E-state index contributed by atoms with van der Waals surface area (Å²) in [5.74, 6) is -0.200. The monoisotopic (exact) mass is 172 g/mol. The molecule has 0 amide bonds. The number of carbonyl (C=O) groups excluding carboxylic acids is 1. The van der Waals surface area contributed by atoms with Crippen molar-refractivity contribution in [2.24, 2.45) is 0 Å². The van der Waals surface area contributed by atoms with Gasteiger partial charge in [0.25, 0.3) is 0 Å². The first-order valence-corrected chi connectivity index (χ1v) is 4.17. The molecule has 3 nitrogen and oxygen atoms in total. The van der Waals surface area contributed by atoms with Gasteiger partial charge in [-0.3, -0.25) is 4.79 Å². The summed E-state index contributed by atoms with van der Waals surface area (Å²) >= 11 is 0. The molecule has 0 aliphatic rings. The Kier molecular flexibility index (Phi) is 6.38. The van der Waals surface area contributed by atoms with Crippen LogP contribution in [0.1, 0.15) is 26.2 Å². The Morgan fingerprint density at radius 3 is 2.92 bits per heavy atom. The second-order valence-corrected chi connectivity index (χ2v) is 2.50. The van der Waals surface area contributed by atoms with Gasteiger partial charge in [0.05, 0.1) is 12.7 Å². The average molecular weight is 172 g/mol. The van der Waals surface area contributed by atoms with Gasteiger partial charge in [0, 0.05) is 6.42 Å². The molecule has 0 aromatic rings. The Labute approximate surface area is 73.0 Å². The molecular weight excluding hydrogens is 156 g/mol. The molecule has 0 radical (unpaired) electrons. The first kappa shape index (κ1) is 11.2. The molecule has 0 rings (SSSR count). The summed E-state index contributed by atoms with van der Waals surface area (Å²) in [6.45, 7) is 5.62. The minimum Gasteiger partial charge on any atom is -0.466 e. The number of aliphatic hydroxyl groups excluding tert-OH is 1. The fourth-order valence-electron chi connectivity index (χ4n) is 0.807. The third-order valence-electron chi connectivity index (χ3n) is 1.46. The molecule has 1 unspecified atom stereocenters. The van der Waals surface area contributed by atoms with E-state index in [1.54, 1.807) is 6.92 Å². The van der Waals surface area contributed by atoms with Crippen molar-refractivity contribution in [3.05, 3.63) is 12.7 Å². The van der Waals surface area contributed by atoms with E-state index < -0.39 is 6.10 Å². The second-order valence-electron chi connectivity index (χ2n) is 2.50. The van der Waals surface area contributed by atoms with Crippen molar-refractivity contribution in [2.75, 3.05) is 6.61 Å². The van der Waals surface area contributed by atoms with Gasteiger partial charge in [0.1, 0.15) is 0 Å². The maximum Gasteiger partial charge on any atom is 0.305 e. The van der Waals surface area contributed by atoms with Crippen molar-refractivity contribution in [3.63, 3.8) is 0 Å². The molecule has 0 saturated carbocycles. The van der Waals surface area contributed by atoms with Gasteiger partial charge in [-0.15, -0.1) is 6.58 Å². The summed E-state index contributed by atoms with van der Waals surface area (Å²) in [6, 6.07) is 0. The second kappa shape index (κ2) is 6.85. The SMILES string of the molecule is C=CC(O)CCCC(=O)OCC. The Morgan fingerprint density at radius 2 is 2.42 bits per heavy atom. The lowest BCUT2D eigenvalue weighted by molar-refractivity contribution is -0.143. The quantitative estimate of drug-likeness (QED) is 0.484. The third kappa shape index (κ3) is 5.92. The molecule has 3 heteroatoms. The molecule has 70 valence electrons. The number of esters is 1. The lowest BCUT2D eigenvalue weighted by Crippen LogP contribution is -2.06. The Bertz CT molecular complexity index is 143. The maximum absolute atomic E-state index is 10.8. The number of aliphatic hydroxyl groups is 1. The summed E-state index contributed by atoms with van der Waals surface area (Å²) in [6.07, 6.45) is 2.55. The Hall–Kier alpha value is -0.830. The van der Waals surface area contributed by atoms with Crippen LogP contribution in [0.2, 0.25) is 0 Å². The number of hydrogen-bond donors (Lipinski definition) is 1. The third-order valence-corrected chi connectivity index (χ3v) is 1.46. The summed E-state index contributed by atoms with van der Waals surface area (Å²) in [7, 11) is 0. The van der Waals surface area contributed by atoms with Crippen LogP contribution < -0.4 is 0 Å². The van der Waals surface area contributed by atoms with Crippen LogP contribution in [0.15, 0.2) is 12.7 Å². The van der Waals surface area contributed by atoms with Crippen molar-refractivity contribution in [1.82, 2.24) is 0 Å². The Balaban J connectivity index is 3.30. The first-order valence-electron chi connectivity index (χ1n) is 4.17. The fraction of sp³-hybridized carbons (Fsp3) is 0.667. The predicted molar refractivity (Wildman–Crippen MR) is 46.7 cm³/mol. The predicted octanol–water partition coefficient (Wildman–Crippen LogP) is 1.27. The molecule has 0 aliphatic heterocycles. The average Bonchev–Trinajstić information content (AvgIpc) is 2.04. The van der Waals surface area contributed by atoms with Crippen molar-refractivity contribution in [1.29, 1.82) is 0 Å². The zero-order valence-electron chi connectivity index (χ0n) is 7.45. The minimum absolute atomic E-state index is 0.200. The molecule has 0 aromatic heterocycles. The van der Waals surface area contributed by atoms with Crippen LogP contribution >= 0.6 is 0 Å². The van der Waals surface area contributed by atoms with Crippen LogP contribution in [0.25, 0.3) is 0 Å². The van der Waals surface area contributed by atoms with E-state index in [4.69, 9.17) is 9.84 Å². The van der Waals surface area contributed by atoms with Crippen LogP contribution in [0.4, 0.5) is 0 Å². The number of hydrogen-bond acceptors (Lipinski definition) is 3. The zero-order chi connectivity index (χ0) is 9.40. The summed E-state index contributed by atoms with van der Waals surface area (Å²) in [4.78, 5) is 10.8. The smallest absolute Gasteiger partial charge is 0.305 e. The van der Waals surface area contributed by atoms with Crippen LogP contribution in [0.3, 0.4) is 0 Å². The first-order chi connectivity index (χ1) is 5.70. The van der Waals surface area contributed by atoms with Crippen LogP contribution in [-0.4, -0.2) is 23.8 Å². The van der Waals surface area contributed by atoms with Gasteiger partial charge in [-0.1, -0.05) is 6.08 Å². The lowest BCUT2D eigenvalue weighted by Gasteiger charge is -2.03. The van der Waals surface area contributed by atoms with Crippen molar-refractivity contribution in [3.8, 4) is 0 Å². The van der Waals surface area contributed by atoms with E-state index in [1.807, 2.05) is 0 Å². The van der Waals surface area contributed by atoms with Gasteiger partial charge in [0.2, 0.25) is 0 Å². The molecular formula is C9H16O3. The standard InChI is InChI=1S/C9H16O3/c1-3-8(10)6-5-7-9(11)12-4-2/h3,8,10H,1,4-7H2,2H3. The van der Waals surface area contributed by atoms with E-state index in [0.29, 0.717) is 25.9 Å². The maximum atomic E-state index is 10.8. The molecule has 0 aliphatic carbocycles. The summed E-state index contributed by atoms with van der Waals surface area (Å²) in [5, 5.41) is 9.03. The van der Waals surface area contributed by atoms with Crippen LogP contribution in [0.5, 0.6) is 0 Å². The van der Waals surface area contributed by atoms with Crippen LogP contribution in [0, 0.1) is 0 Å². The van der Waals surface area contributed by atoms with E-state index in [9.17, 15) is 4.79 Å². The van der Waals surface area contributed by atoms with Crippen molar-refractivity contribution >= 4 is 5.97 Å². The Morgan fingerprint density at radius 1 is 1.75 bits per heavy atom. The minimum atomic E-state index is -0.501. The highest BCUT2D eigenvalue weighted by molar-refractivity contribution is 5.69. The van der Waals surface area contributed by atoms with E-state index >= 15 is 0 Å². The normalized spacial score (nSPS) is 12.2. The topological polar surface area (TPSA) is 46.5 Å². The highest BCUT2D eigenvalue weighted by Gasteiger charge is 2.03. The fourth-order valence-corrected chi connectivity index (χ4v) is 0.807. The summed E-state index contributed by atoms with van der Waals surface area (Å²) < 4.78 is 4.71. The van der Waals surface area contributed by atoms with E-state index in [-0.39, 0.29) is 5.97 Å². The molecule has 1 N–H and O–H groups in total. The molecule has 1 atom stereocenters.